The van der Waals surface area contributed by atoms with E-state index < -0.39 is 10.0 Å². The third-order valence-corrected chi connectivity index (χ3v) is 4.84. The minimum absolute atomic E-state index is 0.260. The molecule has 20 heavy (non-hydrogen) atoms. The van der Waals surface area contributed by atoms with Crippen LogP contribution < -0.4 is 0 Å². The van der Waals surface area contributed by atoms with E-state index in [-0.39, 0.29) is 4.90 Å². The Morgan fingerprint density at radius 1 is 0.850 bits per heavy atom. The highest BCUT2D eigenvalue weighted by atomic mass is 32.2. The normalized spacial score (nSPS) is 11.6. The lowest BCUT2D eigenvalue weighted by molar-refractivity contribution is 0.112. The van der Waals surface area contributed by atoms with Gasteiger partial charge in [-0.15, -0.1) is 0 Å². The highest BCUT2D eigenvalue weighted by Gasteiger charge is 2.16. The molecule has 0 aliphatic heterocycles. The molecule has 0 aromatic heterocycles. The second kappa shape index (κ2) is 5.56. The fourth-order valence-corrected chi connectivity index (χ4v) is 2.69. The van der Waals surface area contributed by atoms with Crippen LogP contribution in [0.2, 0.25) is 0 Å². The van der Waals surface area contributed by atoms with E-state index in [1.807, 2.05) is 12.1 Å². The van der Waals surface area contributed by atoms with Crippen molar-refractivity contribution in [1.29, 1.82) is 0 Å². The van der Waals surface area contributed by atoms with Crippen LogP contribution in [0, 0.1) is 0 Å². The van der Waals surface area contributed by atoms with Crippen LogP contribution in [0.5, 0.6) is 0 Å². The van der Waals surface area contributed by atoms with E-state index in [1.165, 1.54) is 18.4 Å². The Labute approximate surface area is 118 Å². The number of aldehydes is 1. The molecule has 0 N–H and O–H groups in total. The molecule has 0 fully saturated rings. The van der Waals surface area contributed by atoms with Crippen LogP contribution in [0.3, 0.4) is 0 Å². The second-order valence-electron chi connectivity index (χ2n) is 4.55. The van der Waals surface area contributed by atoms with Gasteiger partial charge >= 0.3 is 0 Å². The van der Waals surface area contributed by atoms with Crippen molar-refractivity contribution in [2.24, 2.45) is 0 Å². The maximum Gasteiger partial charge on any atom is 0.242 e. The molecule has 0 aliphatic carbocycles. The van der Waals surface area contributed by atoms with E-state index in [9.17, 15) is 13.2 Å². The summed E-state index contributed by atoms with van der Waals surface area (Å²) in [6, 6.07) is 13.8. The third-order valence-electron chi connectivity index (χ3n) is 3.01. The molecule has 0 radical (unpaired) electrons. The number of benzene rings is 2. The summed E-state index contributed by atoms with van der Waals surface area (Å²) in [5.41, 5.74) is 2.45. The van der Waals surface area contributed by atoms with Gasteiger partial charge in [0.2, 0.25) is 10.0 Å². The van der Waals surface area contributed by atoms with Crippen LogP contribution >= 0.6 is 0 Å². The molecule has 2 aromatic rings. The molecule has 0 aliphatic rings. The van der Waals surface area contributed by atoms with Gasteiger partial charge in [-0.2, -0.15) is 0 Å². The lowest BCUT2D eigenvalue weighted by Gasteiger charge is -2.11. The topological polar surface area (TPSA) is 54.5 Å². The van der Waals surface area contributed by atoms with Crippen LogP contribution in [0.1, 0.15) is 10.4 Å². The number of rotatable bonds is 4. The Hall–Kier alpha value is -1.98. The first-order valence-corrected chi connectivity index (χ1v) is 7.47. The van der Waals surface area contributed by atoms with Crippen molar-refractivity contribution in [1.82, 2.24) is 4.31 Å². The van der Waals surface area contributed by atoms with Crippen LogP contribution in [0.25, 0.3) is 11.1 Å². The molecule has 2 aromatic carbocycles. The summed E-state index contributed by atoms with van der Waals surface area (Å²) in [5, 5.41) is 0. The quantitative estimate of drug-likeness (QED) is 0.812. The summed E-state index contributed by atoms with van der Waals surface area (Å²) in [7, 11) is -0.397. The molecule has 0 atom stereocenters. The minimum Gasteiger partial charge on any atom is -0.298 e. The molecule has 5 heteroatoms. The molecular weight excluding hydrogens is 274 g/mol. The van der Waals surface area contributed by atoms with Gasteiger partial charge in [-0.1, -0.05) is 36.4 Å². The van der Waals surface area contributed by atoms with E-state index in [2.05, 4.69) is 0 Å². The molecule has 0 spiro atoms. The Morgan fingerprint density at radius 3 is 1.70 bits per heavy atom. The van der Waals surface area contributed by atoms with Crippen molar-refractivity contribution in [3.05, 3.63) is 54.1 Å². The fourth-order valence-electron chi connectivity index (χ4n) is 1.78. The maximum atomic E-state index is 12.0. The Balaban J connectivity index is 2.34. The first-order valence-electron chi connectivity index (χ1n) is 6.03. The predicted octanol–water partition coefficient (Wildman–Crippen LogP) is 2.42. The van der Waals surface area contributed by atoms with Gasteiger partial charge in [0.15, 0.2) is 0 Å². The van der Waals surface area contributed by atoms with Crippen molar-refractivity contribution in [2.75, 3.05) is 14.1 Å². The average Bonchev–Trinajstić information content (AvgIpc) is 2.47. The summed E-state index contributed by atoms with van der Waals surface area (Å²) in [6.07, 6.45) is 0.788. The minimum atomic E-state index is -3.40. The van der Waals surface area contributed by atoms with Crippen molar-refractivity contribution >= 4 is 16.3 Å². The zero-order chi connectivity index (χ0) is 14.8. The van der Waals surface area contributed by atoms with Gasteiger partial charge in [-0.05, 0) is 23.3 Å². The van der Waals surface area contributed by atoms with Gasteiger partial charge in [0, 0.05) is 19.7 Å². The molecule has 0 amide bonds. The molecule has 0 saturated carbocycles. The molecule has 2 rings (SSSR count). The zero-order valence-electron chi connectivity index (χ0n) is 11.3. The predicted molar refractivity (Wildman–Crippen MR) is 78.1 cm³/mol. The van der Waals surface area contributed by atoms with Crippen molar-refractivity contribution in [3.63, 3.8) is 0 Å². The summed E-state index contributed by atoms with van der Waals surface area (Å²) in [6.45, 7) is 0. The van der Waals surface area contributed by atoms with Crippen molar-refractivity contribution in [2.45, 2.75) is 4.90 Å². The lowest BCUT2D eigenvalue weighted by atomic mass is 10.0. The third kappa shape index (κ3) is 2.79. The highest BCUT2D eigenvalue weighted by Crippen LogP contribution is 2.22. The second-order valence-corrected chi connectivity index (χ2v) is 6.70. The summed E-state index contributed by atoms with van der Waals surface area (Å²) < 4.78 is 25.1. The number of hydrogen-bond donors (Lipinski definition) is 0. The lowest BCUT2D eigenvalue weighted by Crippen LogP contribution is -2.22. The van der Waals surface area contributed by atoms with Crippen LogP contribution in [0.15, 0.2) is 53.4 Å². The number of carbonyl (C=O) groups is 1. The standard InChI is InChI=1S/C15H15NO3S/c1-16(2)20(18,19)15-9-7-14(8-10-15)13-5-3-12(11-17)4-6-13/h3-11H,1-2H3. The maximum absolute atomic E-state index is 12.0. The zero-order valence-corrected chi connectivity index (χ0v) is 12.1. The van der Waals surface area contributed by atoms with Crippen LogP contribution in [0.4, 0.5) is 0 Å². The molecule has 0 unspecified atom stereocenters. The number of carbonyl (C=O) groups excluding carboxylic acids is 1. The van der Waals surface area contributed by atoms with Crippen LogP contribution in [-0.4, -0.2) is 33.1 Å². The fraction of sp³-hybridized carbons (Fsp3) is 0.133. The molecule has 4 nitrogen and oxygen atoms in total. The van der Waals surface area contributed by atoms with Gasteiger partial charge in [0.05, 0.1) is 4.90 Å². The Bertz CT molecular complexity index is 702. The van der Waals surface area contributed by atoms with Gasteiger partial charge in [0.25, 0.3) is 0 Å². The van der Waals surface area contributed by atoms with Crippen molar-refractivity contribution < 1.29 is 13.2 Å². The van der Waals surface area contributed by atoms with E-state index >= 15 is 0 Å². The monoisotopic (exact) mass is 289 g/mol. The largest absolute Gasteiger partial charge is 0.298 e. The SMILES string of the molecule is CN(C)S(=O)(=O)c1ccc(-c2ccc(C=O)cc2)cc1. The van der Waals surface area contributed by atoms with E-state index in [0.29, 0.717) is 5.56 Å². The summed E-state index contributed by atoms with van der Waals surface area (Å²) in [5.74, 6) is 0. The molecular formula is C15H15NO3S. The van der Waals surface area contributed by atoms with E-state index in [4.69, 9.17) is 0 Å². The Kier molecular flexibility index (Phi) is 4.01. The first-order chi connectivity index (χ1) is 9.45. The smallest absolute Gasteiger partial charge is 0.242 e. The van der Waals surface area contributed by atoms with Gasteiger partial charge < -0.3 is 0 Å². The molecule has 0 heterocycles. The van der Waals surface area contributed by atoms with Crippen LogP contribution in [-0.2, 0) is 10.0 Å². The summed E-state index contributed by atoms with van der Waals surface area (Å²) >= 11 is 0. The van der Waals surface area contributed by atoms with Gasteiger partial charge in [-0.3, -0.25) is 4.79 Å². The highest BCUT2D eigenvalue weighted by molar-refractivity contribution is 7.89. The van der Waals surface area contributed by atoms with Gasteiger partial charge in [-0.25, -0.2) is 12.7 Å². The van der Waals surface area contributed by atoms with E-state index in [0.717, 1.165) is 17.4 Å². The number of nitrogens with zero attached hydrogens (tertiary/aromatic N) is 1. The number of sulfonamides is 1. The Morgan fingerprint density at radius 2 is 1.30 bits per heavy atom. The molecule has 104 valence electrons. The van der Waals surface area contributed by atoms with Gasteiger partial charge in [0.1, 0.15) is 6.29 Å². The average molecular weight is 289 g/mol. The molecule has 0 bridgehead atoms. The van der Waals surface area contributed by atoms with E-state index in [1.54, 1.807) is 36.4 Å². The molecule has 0 saturated heterocycles. The van der Waals surface area contributed by atoms with Crippen molar-refractivity contribution in [3.8, 4) is 11.1 Å². The first kappa shape index (κ1) is 14.4. The summed E-state index contributed by atoms with van der Waals surface area (Å²) in [4.78, 5) is 10.9. The number of hydrogen-bond acceptors (Lipinski definition) is 3.